The molecule has 5 amide bonds. The second kappa shape index (κ2) is 13.1. The lowest BCUT2D eigenvalue weighted by molar-refractivity contribution is -0.156. The topological polar surface area (TPSA) is 138 Å². The number of hydrogen-bond donors (Lipinski definition) is 2. The number of likely N-dealkylation sites (tertiary alicyclic amines) is 1. The molecule has 46 heavy (non-hydrogen) atoms. The van der Waals surface area contributed by atoms with Crippen molar-refractivity contribution in [2.45, 2.75) is 70.2 Å². The number of urea groups is 1. The minimum Gasteiger partial charge on any atom is -0.459 e. The number of aryl methyl sites for hydroxylation is 1. The molecular formula is C33H40FN5O7. The van der Waals surface area contributed by atoms with Gasteiger partial charge in [-0.25, -0.2) is 18.9 Å². The number of hydrogen-bond acceptors (Lipinski definition) is 8. The number of carbonyl (C=O) groups is 5. The summed E-state index contributed by atoms with van der Waals surface area (Å²) >= 11 is 0. The number of benzene rings is 2. The first kappa shape index (κ1) is 32.9. The van der Waals surface area contributed by atoms with Crippen molar-refractivity contribution in [2.75, 3.05) is 38.5 Å². The van der Waals surface area contributed by atoms with Crippen LogP contribution in [0.5, 0.6) is 0 Å². The maximum absolute atomic E-state index is 13.9. The van der Waals surface area contributed by atoms with Crippen molar-refractivity contribution >= 4 is 35.6 Å². The molecular weight excluding hydrogens is 597 g/mol. The molecule has 2 N–H and O–H groups in total. The average molecular weight is 638 g/mol. The van der Waals surface area contributed by atoms with Gasteiger partial charge < -0.3 is 25.0 Å². The SMILES string of the molecule is CNC(=O)Nc1ccc2c(c1)CC[C@@]21OC(=O)N(CC(=O)N(Cc2ccc(F)cc2)CC2CCCN2CC(=O)OC(C)(C)C)C1=O. The smallest absolute Gasteiger partial charge is 0.418 e. The van der Waals surface area contributed by atoms with E-state index < -0.39 is 47.5 Å². The number of ether oxygens (including phenoxy) is 2. The lowest BCUT2D eigenvalue weighted by Crippen LogP contribution is -2.49. The molecule has 0 radical (unpaired) electrons. The number of halogens is 1. The van der Waals surface area contributed by atoms with Gasteiger partial charge in [-0.1, -0.05) is 18.2 Å². The highest BCUT2D eigenvalue weighted by molar-refractivity contribution is 6.06. The molecule has 3 aliphatic rings. The molecule has 0 aromatic heterocycles. The number of carbonyl (C=O) groups excluding carboxylic acids is 5. The van der Waals surface area contributed by atoms with E-state index in [4.69, 9.17) is 9.47 Å². The summed E-state index contributed by atoms with van der Waals surface area (Å²) in [6, 6.07) is 10.2. The number of imide groups is 1. The number of esters is 1. The Kier molecular flexibility index (Phi) is 9.34. The fourth-order valence-electron chi connectivity index (χ4n) is 6.33. The van der Waals surface area contributed by atoms with E-state index in [2.05, 4.69) is 10.6 Å². The summed E-state index contributed by atoms with van der Waals surface area (Å²) in [5.41, 5.74) is 0.306. The predicted molar refractivity (Wildman–Crippen MR) is 165 cm³/mol. The Morgan fingerprint density at radius 3 is 2.54 bits per heavy atom. The van der Waals surface area contributed by atoms with E-state index in [-0.39, 0.29) is 38.1 Å². The number of fused-ring (bicyclic) bond motifs is 2. The molecule has 2 saturated heterocycles. The van der Waals surface area contributed by atoms with E-state index in [9.17, 15) is 28.4 Å². The van der Waals surface area contributed by atoms with Crippen LogP contribution in [-0.2, 0) is 42.4 Å². The number of rotatable bonds is 9. The lowest BCUT2D eigenvalue weighted by Gasteiger charge is -2.32. The Hall–Kier alpha value is -4.52. The van der Waals surface area contributed by atoms with E-state index in [1.807, 2.05) is 4.90 Å². The zero-order valence-corrected chi connectivity index (χ0v) is 26.6. The van der Waals surface area contributed by atoms with Gasteiger partial charge in [0, 0.05) is 43.9 Å². The van der Waals surface area contributed by atoms with Crippen molar-refractivity contribution in [3.8, 4) is 0 Å². The fourth-order valence-corrected chi connectivity index (χ4v) is 6.33. The summed E-state index contributed by atoms with van der Waals surface area (Å²) in [6.07, 6.45) is 1.29. The first-order chi connectivity index (χ1) is 21.8. The summed E-state index contributed by atoms with van der Waals surface area (Å²) in [5, 5.41) is 5.17. The van der Waals surface area contributed by atoms with Crippen molar-refractivity contribution in [3.63, 3.8) is 0 Å². The maximum atomic E-state index is 13.9. The van der Waals surface area contributed by atoms with Crippen LogP contribution in [-0.4, -0.2) is 89.5 Å². The number of amides is 5. The molecule has 1 spiro atoms. The van der Waals surface area contributed by atoms with Crippen LogP contribution in [0.1, 0.15) is 56.7 Å². The van der Waals surface area contributed by atoms with Gasteiger partial charge in [-0.15, -0.1) is 0 Å². The summed E-state index contributed by atoms with van der Waals surface area (Å²) in [6.45, 7) is 5.93. The third-order valence-electron chi connectivity index (χ3n) is 8.46. The second-order valence-corrected chi connectivity index (χ2v) is 12.9. The van der Waals surface area contributed by atoms with Crippen molar-refractivity contribution in [1.29, 1.82) is 0 Å². The quantitative estimate of drug-likeness (QED) is 0.399. The largest absolute Gasteiger partial charge is 0.459 e. The molecule has 246 valence electrons. The summed E-state index contributed by atoms with van der Waals surface area (Å²) < 4.78 is 24.9. The van der Waals surface area contributed by atoms with Crippen LogP contribution in [0.15, 0.2) is 42.5 Å². The first-order valence-corrected chi connectivity index (χ1v) is 15.4. The maximum Gasteiger partial charge on any atom is 0.418 e. The van der Waals surface area contributed by atoms with Crippen LogP contribution in [0.2, 0.25) is 0 Å². The van der Waals surface area contributed by atoms with E-state index in [0.717, 1.165) is 23.3 Å². The third-order valence-corrected chi connectivity index (χ3v) is 8.46. The Morgan fingerprint density at radius 1 is 1.11 bits per heavy atom. The van der Waals surface area contributed by atoms with Crippen molar-refractivity contribution in [1.82, 2.24) is 20.0 Å². The summed E-state index contributed by atoms with van der Waals surface area (Å²) in [7, 11) is 1.50. The number of nitrogens with zero attached hydrogens (tertiary/aromatic N) is 3. The summed E-state index contributed by atoms with van der Waals surface area (Å²) in [5.74, 6) is -1.88. The second-order valence-electron chi connectivity index (χ2n) is 12.9. The van der Waals surface area contributed by atoms with Gasteiger partial charge in [0.2, 0.25) is 11.5 Å². The molecule has 2 atom stereocenters. The highest BCUT2D eigenvalue weighted by atomic mass is 19.1. The Morgan fingerprint density at radius 2 is 1.85 bits per heavy atom. The lowest BCUT2D eigenvalue weighted by atomic mass is 9.94. The Bertz CT molecular complexity index is 1530. The Labute approximate surface area is 267 Å². The van der Waals surface area contributed by atoms with Gasteiger partial charge in [-0.05, 0) is 82.0 Å². The monoisotopic (exact) mass is 637 g/mol. The molecule has 2 heterocycles. The normalized spacial score (nSPS) is 20.9. The average Bonchev–Trinajstić information content (AvgIpc) is 3.65. The molecule has 13 heteroatoms. The van der Waals surface area contributed by atoms with E-state index in [0.29, 0.717) is 29.8 Å². The van der Waals surface area contributed by atoms with Crippen molar-refractivity contribution < 1.29 is 37.8 Å². The molecule has 2 aromatic rings. The molecule has 2 fully saturated rings. The highest BCUT2D eigenvalue weighted by Gasteiger charge is 2.58. The van der Waals surface area contributed by atoms with Gasteiger partial charge in [0.25, 0.3) is 5.91 Å². The van der Waals surface area contributed by atoms with Gasteiger partial charge in [0.1, 0.15) is 18.0 Å². The number of nitrogens with one attached hydrogen (secondary N) is 2. The van der Waals surface area contributed by atoms with Gasteiger partial charge in [-0.3, -0.25) is 19.3 Å². The predicted octanol–water partition coefficient (Wildman–Crippen LogP) is 3.53. The van der Waals surface area contributed by atoms with Crippen LogP contribution >= 0.6 is 0 Å². The van der Waals surface area contributed by atoms with Crippen LogP contribution < -0.4 is 10.6 Å². The van der Waals surface area contributed by atoms with Crippen molar-refractivity contribution in [2.24, 2.45) is 0 Å². The van der Waals surface area contributed by atoms with E-state index in [1.165, 1.54) is 24.1 Å². The minimum atomic E-state index is -1.55. The molecule has 0 saturated carbocycles. The van der Waals surface area contributed by atoms with Gasteiger partial charge in [-0.2, -0.15) is 0 Å². The van der Waals surface area contributed by atoms with Crippen LogP contribution in [0.25, 0.3) is 0 Å². The van der Waals surface area contributed by atoms with E-state index in [1.54, 1.807) is 51.1 Å². The minimum absolute atomic E-state index is 0.0692. The zero-order chi connectivity index (χ0) is 33.2. The van der Waals surface area contributed by atoms with Crippen LogP contribution in [0, 0.1) is 5.82 Å². The molecule has 1 unspecified atom stereocenters. The summed E-state index contributed by atoms with van der Waals surface area (Å²) in [4.78, 5) is 69.6. The van der Waals surface area contributed by atoms with Crippen LogP contribution in [0.4, 0.5) is 19.7 Å². The molecule has 1 aliphatic carbocycles. The van der Waals surface area contributed by atoms with Crippen molar-refractivity contribution in [3.05, 3.63) is 65.0 Å². The van der Waals surface area contributed by atoms with Gasteiger partial charge in [0.15, 0.2) is 0 Å². The standard InChI is InChI=1S/C33H40FN5O7/c1-32(2,3)45-28(41)20-37-15-5-6-25(37)18-38(17-21-7-9-23(34)10-8-21)27(40)19-39-29(42)33(46-31(39)44)14-13-22-16-24(11-12-26(22)33)36-30(43)35-4/h7-12,16,25H,5-6,13-15,17-20H2,1-4H3,(H2,35,36,43)/t25?,33-/m1/s1. The molecule has 2 aromatic carbocycles. The molecule has 0 bridgehead atoms. The number of anilines is 1. The zero-order valence-electron chi connectivity index (χ0n) is 26.6. The molecule has 12 nitrogen and oxygen atoms in total. The Balaban J connectivity index is 1.33. The van der Waals surface area contributed by atoms with E-state index >= 15 is 0 Å². The highest BCUT2D eigenvalue weighted by Crippen LogP contribution is 2.46. The first-order valence-electron chi connectivity index (χ1n) is 15.4. The molecule has 5 rings (SSSR count). The third kappa shape index (κ3) is 7.14. The van der Waals surface area contributed by atoms with Gasteiger partial charge >= 0.3 is 18.1 Å². The van der Waals surface area contributed by atoms with Gasteiger partial charge in [0.05, 0.1) is 6.54 Å². The van der Waals surface area contributed by atoms with Crippen LogP contribution in [0.3, 0.4) is 0 Å². The fraction of sp³-hybridized carbons (Fsp3) is 0.485. The molecule has 2 aliphatic heterocycles.